The van der Waals surface area contributed by atoms with Crippen LogP contribution in [-0.2, 0) is 0 Å². The van der Waals surface area contributed by atoms with Crippen LogP contribution in [0.3, 0.4) is 0 Å². The molecule has 1 aromatic rings. The number of benzene rings is 1. The molecule has 4 heteroatoms. The van der Waals surface area contributed by atoms with Crippen LogP contribution in [0.4, 0.5) is 0 Å². The van der Waals surface area contributed by atoms with Gasteiger partial charge in [-0.3, -0.25) is 10.2 Å². The van der Waals surface area contributed by atoms with Gasteiger partial charge in [-0.2, -0.15) is 0 Å². The van der Waals surface area contributed by atoms with Gasteiger partial charge in [-0.1, -0.05) is 6.07 Å². The van der Waals surface area contributed by atoms with Gasteiger partial charge in [0, 0.05) is 5.56 Å². The Kier molecular flexibility index (Phi) is 3.68. The van der Waals surface area contributed by atoms with E-state index in [9.17, 15) is 4.79 Å². The number of hydrazine groups is 1. The number of nitrogen functional groups attached to an aromatic ring is 1. The number of hydrogen-bond acceptors (Lipinski definition) is 3. The molecule has 4 nitrogen and oxygen atoms in total. The van der Waals surface area contributed by atoms with Crippen molar-refractivity contribution < 1.29 is 9.53 Å². The van der Waals surface area contributed by atoms with Gasteiger partial charge in [0.1, 0.15) is 5.75 Å². The minimum atomic E-state index is -0.316. The largest absolute Gasteiger partial charge is 0.491 e. The molecule has 1 rings (SSSR count). The number of aryl methyl sites for hydroxylation is 1. The number of amides is 1. The van der Waals surface area contributed by atoms with Gasteiger partial charge >= 0.3 is 0 Å². The first kappa shape index (κ1) is 11.5. The van der Waals surface area contributed by atoms with Crippen LogP contribution in [0.5, 0.6) is 5.75 Å². The van der Waals surface area contributed by atoms with Crippen molar-refractivity contribution in [2.75, 3.05) is 0 Å². The van der Waals surface area contributed by atoms with Crippen LogP contribution in [0.15, 0.2) is 18.2 Å². The van der Waals surface area contributed by atoms with Crippen molar-refractivity contribution in [3.05, 3.63) is 29.3 Å². The van der Waals surface area contributed by atoms with Crippen molar-refractivity contribution in [2.24, 2.45) is 5.84 Å². The van der Waals surface area contributed by atoms with Gasteiger partial charge in [-0.05, 0) is 38.5 Å². The molecule has 1 amide bonds. The van der Waals surface area contributed by atoms with Crippen LogP contribution in [-0.4, -0.2) is 12.0 Å². The highest BCUT2D eigenvalue weighted by Crippen LogP contribution is 2.20. The van der Waals surface area contributed by atoms with E-state index in [2.05, 4.69) is 5.43 Å². The molecular formula is C11H16N2O2. The third kappa shape index (κ3) is 2.95. The fourth-order valence-electron chi connectivity index (χ4n) is 1.21. The molecular weight excluding hydrogens is 192 g/mol. The highest BCUT2D eigenvalue weighted by molar-refractivity contribution is 5.94. The Morgan fingerprint density at radius 2 is 2.13 bits per heavy atom. The van der Waals surface area contributed by atoms with Crippen molar-refractivity contribution in [3.63, 3.8) is 0 Å². The smallest absolute Gasteiger partial charge is 0.265 e. The van der Waals surface area contributed by atoms with E-state index in [-0.39, 0.29) is 12.0 Å². The van der Waals surface area contributed by atoms with Crippen molar-refractivity contribution >= 4 is 5.91 Å². The maximum Gasteiger partial charge on any atom is 0.265 e. The highest BCUT2D eigenvalue weighted by atomic mass is 16.5. The lowest BCUT2D eigenvalue weighted by molar-refractivity contribution is 0.0953. The molecule has 0 aliphatic rings. The molecule has 0 bridgehead atoms. The standard InChI is InChI=1S/C11H16N2O2/c1-7(2)15-10-6-9(11(14)13-12)5-4-8(10)3/h4-7H,12H2,1-3H3,(H,13,14). The Hall–Kier alpha value is -1.55. The summed E-state index contributed by atoms with van der Waals surface area (Å²) in [5, 5.41) is 0. The number of nitrogens with one attached hydrogen (secondary N) is 1. The maximum atomic E-state index is 11.3. The summed E-state index contributed by atoms with van der Waals surface area (Å²) in [6.07, 6.45) is 0.0832. The third-order valence-electron chi connectivity index (χ3n) is 1.94. The quantitative estimate of drug-likeness (QED) is 0.448. The zero-order valence-electron chi connectivity index (χ0n) is 9.20. The molecule has 3 N–H and O–H groups in total. The Labute approximate surface area is 89.4 Å². The summed E-state index contributed by atoms with van der Waals surface area (Å²) in [6, 6.07) is 5.24. The van der Waals surface area contributed by atoms with Crippen molar-refractivity contribution in [2.45, 2.75) is 26.9 Å². The lowest BCUT2D eigenvalue weighted by Gasteiger charge is -2.13. The van der Waals surface area contributed by atoms with Crippen LogP contribution in [0.1, 0.15) is 29.8 Å². The Bertz CT molecular complexity index is 362. The van der Waals surface area contributed by atoms with Gasteiger partial charge in [-0.15, -0.1) is 0 Å². The third-order valence-corrected chi connectivity index (χ3v) is 1.94. The minimum absolute atomic E-state index is 0.0832. The van der Waals surface area contributed by atoms with Crippen molar-refractivity contribution in [1.29, 1.82) is 0 Å². The zero-order chi connectivity index (χ0) is 11.4. The first-order valence-electron chi connectivity index (χ1n) is 4.83. The number of carbonyl (C=O) groups is 1. The average molecular weight is 208 g/mol. The summed E-state index contributed by atoms with van der Waals surface area (Å²) in [6.45, 7) is 5.81. The van der Waals surface area contributed by atoms with Crippen LogP contribution < -0.4 is 16.0 Å². The highest BCUT2D eigenvalue weighted by Gasteiger charge is 2.08. The van der Waals surface area contributed by atoms with Gasteiger partial charge in [0.15, 0.2) is 0 Å². The van der Waals surface area contributed by atoms with Gasteiger partial charge in [0.2, 0.25) is 0 Å². The van der Waals surface area contributed by atoms with E-state index in [0.29, 0.717) is 11.3 Å². The van der Waals surface area contributed by atoms with E-state index in [1.807, 2.05) is 26.8 Å². The summed E-state index contributed by atoms with van der Waals surface area (Å²) in [5.41, 5.74) is 3.58. The van der Waals surface area contributed by atoms with E-state index in [0.717, 1.165) is 5.56 Å². The van der Waals surface area contributed by atoms with Crippen molar-refractivity contribution in [1.82, 2.24) is 5.43 Å². The number of carbonyl (C=O) groups excluding carboxylic acids is 1. The van der Waals surface area contributed by atoms with Gasteiger partial charge in [0.05, 0.1) is 6.10 Å². The van der Waals surface area contributed by atoms with E-state index in [4.69, 9.17) is 10.6 Å². The van der Waals surface area contributed by atoms with Crippen LogP contribution >= 0.6 is 0 Å². The summed E-state index contributed by atoms with van der Waals surface area (Å²) in [5.74, 6) is 5.45. The molecule has 82 valence electrons. The van der Waals surface area contributed by atoms with Crippen LogP contribution in [0.2, 0.25) is 0 Å². The molecule has 0 atom stereocenters. The maximum absolute atomic E-state index is 11.3. The number of rotatable bonds is 3. The predicted octanol–water partition coefficient (Wildman–Crippen LogP) is 1.39. The normalized spacial score (nSPS) is 10.2. The fraction of sp³-hybridized carbons (Fsp3) is 0.364. The average Bonchev–Trinajstić information content (AvgIpc) is 2.19. The zero-order valence-corrected chi connectivity index (χ0v) is 9.20. The Morgan fingerprint density at radius 3 is 2.67 bits per heavy atom. The molecule has 1 aromatic carbocycles. The molecule has 0 aromatic heterocycles. The molecule has 0 saturated carbocycles. The summed E-state index contributed by atoms with van der Waals surface area (Å²) >= 11 is 0. The van der Waals surface area contributed by atoms with Gasteiger partial charge < -0.3 is 4.74 Å². The predicted molar refractivity (Wildman–Crippen MR) is 58.6 cm³/mol. The molecule has 0 unspecified atom stereocenters. The lowest BCUT2D eigenvalue weighted by atomic mass is 10.1. The minimum Gasteiger partial charge on any atom is -0.491 e. The summed E-state index contributed by atoms with van der Waals surface area (Å²) in [7, 11) is 0. The molecule has 0 aliphatic heterocycles. The van der Waals surface area contributed by atoms with Gasteiger partial charge in [-0.25, -0.2) is 5.84 Å². The van der Waals surface area contributed by atoms with Crippen LogP contribution in [0.25, 0.3) is 0 Å². The second-order valence-corrected chi connectivity index (χ2v) is 3.62. The summed E-state index contributed by atoms with van der Waals surface area (Å²) in [4.78, 5) is 11.3. The second-order valence-electron chi connectivity index (χ2n) is 3.62. The molecule has 0 spiro atoms. The topological polar surface area (TPSA) is 64.4 Å². The molecule has 0 saturated heterocycles. The number of nitrogens with two attached hydrogens (primary N) is 1. The van der Waals surface area contributed by atoms with Crippen molar-refractivity contribution in [3.8, 4) is 5.75 Å². The van der Waals surface area contributed by atoms with Crippen LogP contribution in [0, 0.1) is 6.92 Å². The van der Waals surface area contributed by atoms with E-state index in [1.165, 1.54) is 0 Å². The lowest BCUT2D eigenvalue weighted by Crippen LogP contribution is -2.30. The Morgan fingerprint density at radius 1 is 1.47 bits per heavy atom. The molecule has 0 aliphatic carbocycles. The summed E-state index contributed by atoms with van der Waals surface area (Å²) < 4.78 is 5.56. The number of hydrogen-bond donors (Lipinski definition) is 2. The van der Waals surface area contributed by atoms with E-state index >= 15 is 0 Å². The van der Waals surface area contributed by atoms with Gasteiger partial charge in [0.25, 0.3) is 5.91 Å². The SMILES string of the molecule is Cc1ccc(C(=O)NN)cc1OC(C)C. The molecule has 0 radical (unpaired) electrons. The Balaban J connectivity index is 2.99. The second kappa shape index (κ2) is 4.79. The monoisotopic (exact) mass is 208 g/mol. The number of ether oxygens (including phenoxy) is 1. The molecule has 0 fully saturated rings. The van der Waals surface area contributed by atoms with E-state index < -0.39 is 0 Å². The fourth-order valence-corrected chi connectivity index (χ4v) is 1.21. The molecule has 15 heavy (non-hydrogen) atoms. The first-order chi connectivity index (χ1) is 7.04. The first-order valence-corrected chi connectivity index (χ1v) is 4.83. The molecule has 0 heterocycles. The van der Waals surface area contributed by atoms with E-state index in [1.54, 1.807) is 12.1 Å².